The summed E-state index contributed by atoms with van der Waals surface area (Å²) >= 11 is 0. The topological polar surface area (TPSA) is 73.6 Å². The number of nitrogens with one attached hydrogen (secondary N) is 1. The molecule has 0 saturated heterocycles. The van der Waals surface area contributed by atoms with E-state index in [0.717, 1.165) is 24.8 Å². The second kappa shape index (κ2) is 9.23. The first-order chi connectivity index (χ1) is 10.1. The Morgan fingerprint density at radius 1 is 1.33 bits per heavy atom. The molecule has 1 rings (SSSR count). The van der Waals surface area contributed by atoms with Crippen molar-refractivity contribution in [1.82, 2.24) is 5.32 Å². The predicted molar refractivity (Wildman–Crippen MR) is 83.8 cm³/mol. The molecule has 118 valence electrons. The molecule has 0 aliphatic heterocycles. The summed E-state index contributed by atoms with van der Waals surface area (Å²) in [5, 5.41) is 2.77. The third-order valence-electron chi connectivity index (χ3n) is 3.18. The largest absolute Gasteiger partial charge is 0.493 e. The van der Waals surface area contributed by atoms with Crippen LogP contribution in [-0.2, 0) is 11.2 Å². The summed E-state index contributed by atoms with van der Waals surface area (Å²) in [6, 6.07) is 5.83. The average molecular weight is 294 g/mol. The van der Waals surface area contributed by atoms with E-state index >= 15 is 0 Å². The number of methoxy groups -OCH3 is 1. The van der Waals surface area contributed by atoms with Gasteiger partial charge in [0.05, 0.1) is 7.11 Å². The summed E-state index contributed by atoms with van der Waals surface area (Å²) in [6.45, 7) is 4.71. The first kappa shape index (κ1) is 17.3. The van der Waals surface area contributed by atoms with E-state index in [4.69, 9.17) is 15.2 Å². The van der Waals surface area contributed by atoms with Crippen molar-refractivity contribution in [2.45, 2.75) is 39.2 Å². The molecular formula is C16H26N2O3. The fraction of sp³-hybridized carbons (Fsp3) is 0.562. The van der Waals surface area contributed by atoms with Gasteiger partial charge in [-0.3, -0.25) is 4.79 Å². The van der Waals surface area contributed by atoms with Crippen molar-refractivity contribution in [3.05, 3.63) is 23.8 Å². The van der Waals surface area contributed by atoms with Crippen LogP contribution in [0.1, 0.15) is 32.3 Å². The molecule has 1 aromatic carbocycles. The molecule has 0 heterocycles. The lowest BCUT2D eigenvalue weighted by Crippen LogP contribution is -2.29. The number of amides is 1. The molecule has 0 saturated carbocycles. The van der Waals surface area contributed by atoms with Crippen LogP contribution < -0.4 is 20.5 Å². The Morgan fingerprint density at radius 3 is 2.71 bits per heavy atom. The zero-order valence-electron chi connectivity index (χ0n) is 13.1. The fourth-order valence-electron chi connectivity index (χ4n) is 1.87. The Morgan fingerprint density at radius 2 is 2.10 bits per heavy atom. The van der Waals surface area contributed by atoms with Gasteiger partial charge in [-0.1, -0.05) is 19.9 Å². The Bertz CT molecular complexity index is 449. The van der Waals surface area contributed by atoms with Gasteiger partial charge in [0.2, 0.25) is 0 Å². The number of carbonyl (C=O) groups excluding carboxylic acids is 1. The van der Waals surface area contributed by atoms with Gasteiger partial charge >= 0.3 is 0 Å². The maximum atomic E-state index is 11.6. The molecule has 1 aromatic rings. The Hall–Kier alpha value is -1.75. The number of carbonyl (C=O) groups is 1. The highest BCUT2D eigenvalue weighted by Crippen LogP contribution is 2.28. The van der Waals surface area contributed by atoms with Gasteiger partial charge in [0.15, 0.2) is 18.1 Å². The molecule has 0 aromatic heterocycles. The van der Waals surface area contributed by atoms with Crippen LogP contribution in [0, 0.1) is 0 Å². The average Bonchev–Trinajstić information content (AvgIpc) is 2.50. The first-order valence-electron chi connectivity index (χ1n) is 7.42. The van der Waals surface area contributed by atoms with E-state index in [1.54, 1.807) is 7.11 Å². The third kappa shape index (κ3) is 6.04. The van der Waals surface area contributed by atoms with Crippen LogP contribution in [0.25, 0.3) is 0 Å². The Kier molecular flexibility index (Phi) is 7.61. The summed E-state index contributed by atoms with van der Waals surface area (Å²) in [4.78, 5) is 11.6. The Labute approximate surface area is 126 Å². The molecule has 0 bridgehead atoms. The van der Waals surface area contributed by atoms with Crippen molar-refractivity contribution in [2.75, 3.05) is 20.3 Å². The quantitative estimate of drug-likeness (QED) is 0.729. The molecular weight excluding hydrogens is 268 g/mol. The molecule has 0 fully saturated rings. The highest BCUT2D eigenvalue weighted by atomic mass is 16.5. The van der Waals surface area contributed by atoms with Gasteiger partial charge in [-0.15, -0.1) is 0 Å². The van der Waals surface area contributed by atoms with E-state index < -0.39 is 0 Å². The molecule has 1 amide bonds. The zero-order valence-corrected chi connectivity index (χ0v) is 13.1. The van der Waals surface area contributed by atoms with Crippen LogP contribution in [0.5, 0.6) is 11.5 Å². The lowest BCUT2D eigenvalue weighted by atomic mass is 10.0. The first-order valence-corrected chi connectivity index (χ1v) is 7.42. The van der Waals surface area contributed by atoms with Crippen LogP contribution in [0.15, 0.2) is 18.2 Å². The summed E-state index contributed by atoms with van der Waals surface area (Å²) in [5.41, 5.74) is 7.04. The molecule has 5 heteroatoms. The third-order valence-corrected chi connectivity index (χ3v) is 3.18. The van der Waals surface area contributed by atoms with Crippen molar-refractivity contribution < 1.29 is 14.3 Å². The van der Waals surface area contributed by atoms with E-state index in [0.29, 0.717) is 18.0 Å². The molecule has 5 nitrogen and oxygen atoms in total. The summed E-state index contributed by atoms with van der Waals surface area (Å²) in [7, 11) is 1.58. The van der Waals surface area contributed by atoms with Gasteiger partial charge in [0.1, 0.15) is 0 Å². The highest BCUT2D eigenvalue weighted by molar-refractivity contribution is 5.77. The molecule has 1 atom stereocenters. The van der Waals surface area contributed by atoms with Gasteiger partial charge in [-0.05, 0) is 37.0 Å². The summed E-state index contributed by atoms with van der Waals surface area (Å²) in [6.07, 6.45) is 2.60. The second-order valence-corrected chi connectivity index (χ2v) is 5.00. The van der Waals surface area contributed by atoms with E-state index in [9.17, 15) is 4.79 Å². The molecule has 1 unspecified atom stereocenters. The molecule has 21 heavy (non-hydrogen) atoms. The SMILES string of the molecule is CCCNC(=O)COc1cc(CC(N)CC)ccc1OC. The second-order valence-electron chi connectivity index (χ2n) is 5.00. The van der Waals surface area contributed by atoms with Crippen molar-refractivity contribution in [3.63, 3.8) is 0 Å². The highest BCUT2D eigenvalue weighted by Gasteiger charge is 2.10. The lowest BCUT2D eigenvalue weighted by Gasteiger charge is -2.14. The van der Waals surface area contributed by atoms with Gasteiger partial charge in [0.25, 0.3) is 5.91 Å². The van der Waals surface area contributed by atoms with Gasteiger partial charge in [-0.2, -0.15) is 0 Å². The molecule has 0 aliphatic carbocycles. The van der Waals surface area contributed by atoms with Gasteiger partial charge < -0.3 is 20.5 Å². The minimum atomic E-state index is -0.130. The van der Waals surface area contributed by atoms with E-state index in [2.05, 4.69) is 12.2 Å². The zero-order chi connectivity index (χ0) is 15.7. The minimum Gasteiger partial charge on any atom is -0.493 e. The lowest BCUT2D eigenvalue weighted by molar-refractivity contribution is -0.123. The minimum absolute atomic E-state index is 0.0142. The van der Waals surface area contributed by atoms with E-state index in [-0.39, 0.29) is 18.6 Å². The van der Waals surface area contributed by atoms with E-state index in [1.165, 1.54) is 0 Å². The number of rotatable bonds is 9. The van der Waals surface area contributed by atoms with Crippen molar-refractivity contribution in [3.8, 4) is 11.5 Å². The van der Waals surface area contributed by atoms with Crippen LogP contribution in [-0.4, -0.2) is 32.2 Å². The molecule has 0 aliphatic rings. The standard InChI is InChI=1S/C16H26N2O3/c1-4-8-18-16(19)11-21-15-10-12(9-13(17)5-2)6-7-14(15)20-3/h6-7,10,13H,4-5,8-9,11,17H2,1-3H3,(H,18,19). The number of ether oxygens (including phenoxy) is 2. The normalized spacial score (nSPS) is 11.8. The van der Waals surface area contributed by atoms with Crippen LogP contribution in [0.3, 0.4) is 0 Å². The molecule has 3 N–H and O–H groups in total. The van der Waals surface area contributed by atoms with E-state index in [1.807, 2.05) is 25.1 Å². The predicted octanol–water partition coefficient (Wildman–Crippen LogP) is 1.88. The van der Waals surface area contributed by atoms with Crippen LogP contribution >= 0.6 is 0 Å². The number of hydrogen-bond acceptors (Lipinski definition) is 4. The molecule has 0 radical (unpaired) electrons. The smallest absolute Gasteiger partial charge is 0.257 e. The van der Waals surface area contributed by atoms with Crippen LogP contribution in [0.2, 0.25) is 0 Å². The fourth-order valence-corrected chi connectivity index (χ4v) is 1.87. The maximum absolute atomic E-state index is 11.6. The number of benzene rings is 1. The van der Waals surface area contributed by atoms with Crippen molar-refractivity contribution >= 4 is 5.91 Å². The van der Waals surface area contributed by atoms with Gasteiger partial charge in [0, 0.05) is 12.6 Å². The number of nitrogens with two attached hydrogens (primary N) is 1. The van der Waals surface area contributed by atoms with Crippen molar-refractivity contribution in [1.29, 1.82) is 0 Å². The monoisotopic (exact) mass is 294 g/mol. The number of hydrogen-bond donors (Lipinski definition) is 2. The van der Waals surface area contributed by atoms with Crippen LogP contribution in [0.4, 0.5) is 0 Å². The summed E-state index contributed by atoms with van der Waals surface area (Å²) < 4.78 is 10.8. The maximum Gasteiger partial charge on any atom is 0.257 e. The molecule has 0 spiro atoms. The van der Waals surface area contributed by atoms with Gasteiger partial charge in [-0.25, -0.2) is 0 Å². The van der Waals surface area contributed by atoms with Crippen molar-refractivity contribution in [2.24, 2.45) is 5.73 Å². The Balaban J connectivity index is 2.69. The summed E-state index contributed by atoms with van der Waals surface area (Å²) in [5.74, 6) is 1.06.